The minimum Gasteiger partial charge on any atom is -0.497 e. The lowest BCUT2D eigenvalue weighted by Crippen LogP contribution is -2.23. The SMILES string of the molecule is COC(=O)Cn1c(=NC(=O)Cc2ccc(OC)cc2OC)sc2cc3c(cc21)OCCO3. The highest BCUT2D eigenvalue weighted by atomic mass is 32.1. The highest BCUT2D eigenvalue weighted by Crippen LogP contribution is 2.35. The molecule has 0 saturated carbocycles. The number of hydrogen-bond donors (Lipinski definition) is 0. The molecule has 0 aliphatic carbocycles. The van der Waals surface area contributed by atoms with Gasteiger partial charge in [0.05, 0.1) is 38.0 Å². The maximum absolute atomic E-state index is 12.8. The first-order valence-electron chi connectivity index (χ1n) is 9.80. The molecular weight excluding hydrogens is 436 g/mol. The zero-order chi connectivity index (χ0) is 22.7. The molecule has 168 valence electrons. The van der Waals surface area contributed by atoms with Crippen LogP contribution in [-0.2, 0) is 27.3 Å². The summed E-state index contributed by atoms with van der Waals surface area (Å²) in [6.45, 7) is 0.818. The fraction of sp³-hybridized carbons (Fsp3) is 0.318. The molecule has 0 atom stereocenters. The third-order valence-corrected chi connectivity index (χ3v) is 5.96. The van der Waals surface area contributed by atoms with Gasteiger partial charge in [0.1, 0.15) is 31.3 Å². The topological polar surface area (TPSA) is 97.6 Å². The monoisotopic (exact) mass is 458 g/mol. The molecule has 2 heterocycles. The molecule has 0 unspecified atom stereocenters. The Morgan fingerprint density at radius 2 is 1.81 bits per heavy atom. The second-order valence-corrected chi connectivity index (χ2v) is 7.88. The zero-order valence-electron chi connectivity index (χ0n) is 17.9. The van der Waals surface area contributed by atoms with E-state index in [0.29, 0.717) is 52.1 Å². The van der Waals surface area contributed by atoms with Crippen LogP contribution in [0.5, 0.6) is 23.0 Å². The molecule has 0 saturated heterocycles. The highest BCUT2D eigenvalue weighted by Gasteiger charge is 2.18. The van der Waals surface area contributed by atoms with E-state index in [1.807, 2.05) is 6.07 Å². The van der Waals surface area contributed by atoms with E-state index in [4.69, 9.17) is 23.7 Å². The molecule has 0 spiro atoms. The Hall–Kier alpha value is -3.53. The van der Waals surface area contributed by atoms with Crippen molar-refractivity contribution in [2.24, 2.45) is 4.99 Å². The summed E-state index contributed by atoms with van der Waals surface area (Å²) in [5, 5.41) is 0. The molecule has 32 heavy (non-hydrogen) atoms. The van der Waals surface area contributed by atoms with Gasteiger partial charge in [0.15, 0.2) is 16.3 Å². The van der Waals surface area contributed by atoms with E-state index in [9.17, 15) is 9.59 Å². The average molecular weight is 458 g/mol. The summed E-state index contributed by atoms with van der Waals surface area (Å²) in [5.41, 5.74) is 1.39. The maximum Gasteiger partial charge on any atom is 0.325 e. The van der Waals surface area contributed by atoms with E-state index in [-0.39, 0.29) is 18.9 Å². The molecule has 0 N–H and O–H groups in total. The number of aromatic nitrogens is 1. The number of nitrogens with zero attached hydrogens (tertiary/aromatic N) is 2. The summed E-state index contributed by atoms with van der Waals surface area (Å²) in [5.74, 6) is 1.54. The quantitative estimate of drug-likeness (QED) is 0.523. The van der Waals surface area contributed by atoms with Crippen LogP contribution in [0, 0.1) is 0 Å². The lowest BCUT2D eigenvalue weighted by Gasteiger charge is -2.18. The first kappa shape index (κ1) is 21.7. The molecule has 1 aliphatic rings. The lowest BCUT2D eigenvalue weighted by atomic mass is 10.1. The fourth-order valence-corrected chi connectivity index (χ4v) is 4.40. The van der Waals surface area contributed by atoms with E-state index >= 15 is 0 Å². The molecule has 0 radical (unpaired) electrons. The molecule has 1 aromatic heterocycles. The molecule has 0 fully saturated rings. The van der Waals surface area contributed by atoms with Gasteiger partial charge in [0.2, 0.25) is 0 Å². The first-order valence-corrected chi connectivity index (χ1v) is 10.6. The second-order valence-electron chi connectivity index (χ2n) is 6.87. The molecule has 3 aromatic rings. The van der Waals surface area contributed by atoms with Crippen molar-refractivity contribution in [3.8, 4) is 23.0 Å². The third-order valence-electron chi connectivity index (χ3n) is 4.92. The number of esters is 1. The van der Waals surface area contributed by atoms with Crippen LogP contribution in [0.2, 0.25) is 0 Å². The van der Waals surface area contributed by atoms with Gasteiger partial charge in [-0.25, -0.2) is 0 Å². The fourth-order valence-electron chi connectivity index (χ4n) is 3.35. The van der Waals surface area contributed by atoms with Crippen molar-refractivity contribution in [1.82, 2.24) is 4.57 Å². The van der Waals surface area contributed by atoms with Crippen molar-refractivity contribution in [2.45, 2.75) is 13.0 Å². The second kappa shape index (κ2) is 9.31. The van der Waals surface area contributed by atoms with E-state index < -0.39 is 5.97 Å². The van der Waals surface area contributed by atoms with Crippen molar-refractivity contribution in [3.05, 3.63) is 40.7 Å². The molecule has 0 bridgehead atoms. The Kier molecular flexibility index (Phi) is 6.31. The number of hydrogen-bond acceptors (Lipinski definition) is 8. The van der Waals surface area contributed by atoms with Crippen molar-refractivity contribution >= 4 is 33.4 Å². The largest absolute Gasteiger partial charge is 0.497 e. The van der Waals surface area contributed by atoms with Gasteiger partial charge in [-0.3, -0.25) is 9.59 Å². The van der Waals surface area contributed by atoms with Crippen molar-refractivity contribution in [1.29, 1.82) is 0 Å². The highest BCUT2D eigenvalue weighted by molar-refractivity contribution is 7.16. The number of ether oxygens (including phenoxy) is 5. The minimum absolute atomic E-state index is 0.0301. The summed E-state index contributed by atoms with van der Waals surface area (Å²) in [7, 11) is 4.40. The van der Waals surface area contributed by atoms with Crippen LogP contribution in [0.1, 0.15) is 5.56 Å². The first-order chi connectivity index (χ1) is 15.5. The predicted octanol–water partition coefficient (Wildman–Crippen LogP) is 2.33. The van der Waals surface area contributed by atoms with Crippen LogP contribution in [0.15, 0.2) is 35.3 Å². The maximum atomic E-state index is 12.8. The number of amides is 1. The molecule has 10 heteroatoms. The number of benzene rings is 2. The van der Waals surface area contributed by atoms with Crippen LogP contribution >= 0.6 is 11.3 Å². The number of methoxy groups -OCH3 is 3. The summed E-state index contributed by atoms with van der Waals surface area (Å²) in [4.78, 5) is 29.5. The van der Waals surface area contributed by atoms with Gasteiger partial charge in [0, 0.05) is 23.8 Å². The molecular formula is C22H22N2O7S. The average Bonchev–Trinajstić information content (AvgIpc) is 3.12. The predicted molar refractivity (Wildman–Crippen MR) is 117 cm³/mol. The number of carbonyl (C=O) groups excluding carboxylic acids is 2. The lowest BCUT2D eigenvalue weighted by molar-refractivity contribution is -0.141. The van der Waals surface area contributed by atoms with Gasteiger partial charge in [-0.05, 0) is 6.07 Å². The van der Waals surface area contributed by atoms with Crippen molar-refractivity contribution in [2.75, 3.05) is 34.5 Å². The van der Waals surface area contributed by atoms with E-state index in [0.717, 1.165) is 4.70 Å². The van der Waals surface area contributed by atoms with E-state index in [2.05, 4.69) is 4.99 Å². The molecule has 9 nitrogen and oxygen atoms in total. The van der Waals surface area contributed by atoms with Crippen LogP contribution in [0.25, 0.3) is 10.2 Å². The van der Waals surface area contributed by atoms with Crippen molar-refractivity contribution in [3.63, 3.8) is 0 Å². The van der Waals surface area contributed by atoms with Crippen LogP contribution in [0.4, 0.5) is 0 Å². The number of carbonyl (C=O) groups is 2. The summed E-state index contributed by atoms with van der Waals surface area (Å²) >= 11 is 1.28. The molecule has 1 amide bonds. The Balaban J connectivity index is 1.74. The third kappa shape index (κ3) is 4.40. The van der Waals surface area contributed by atoms with E-state index in [1.54, 1.807) is 35.9 Å². The Labute approximate surface area is 187 Å². The molecule has 4 rings (SSSR count). The smallest absolute Gasteiger partial charge is 0.325 e. The van der Waals surface area contributed by atoms with Crippen LogP contribution in [-0.4, -0.2) is 51.0 Å². The van der Waals surface area contributed by atoms with E-state index in [1.165, 1.54) is 25.6 Å². The van der Waals surface area contributed by atoms with Crippen molar-refractivity contribution < 1.29 is 33.3 Å². The summed E-state index contributed by atoms with van der Waals surface area (Å²) in [6, 6.07) is 8.86. The minimum atomic E-state index is -0.453. The van der Waals surface area contributed by atoms with Crippen LogP contribution < -0.4 is 23.7 Å². The number of rotatable bonds is 6. The van der Waals surface area contributed by atoms with Gasteiger partial charge in [-0.15, -0.1) is 0 Å². The zero-order valence-corrected chi connectivity index (χ0v) is 18.7. The summed E-state index contributed by atoms with van der Waals surface area (Å²) < 4.78 is 29.2. The van der Waals surface area contributed by atoms with Crippen LogP contribution in [0.3, 0.4) is 0 Å². The Morgan fingerprint density at radius 3 is 2.50 bits per heavy atom. The van der Waals surface area contributed by atoms with Gasteiger partial charge < -0.3 is 28.3 Å². The van der Waals surface area contributed by atoms with Gasteiger partial charge in [-0.2, -0.15) is 4.99 Å². The van der Waals surface area contributed by atoms with Gasteiger partial charge in [0.25, 0.3) is 5.91 Å². The normalized spacial score (nSPS) is 13.2. The van der Waals surface area contributed by atoms with Gasteiger partial charge >= 0.3 is 5.97 Å². The molecule has 2 aromatic carbocycles. The number of thiazole rings is 1. The Bertz CT molecular complexity index is 1250. The Morgan fingerprint density at radius 1 is 1.06 bits per heavy atom. The molecule has 1 aliphatic heterocycles. The van der Waals surface area contributed by atoms with Gasteiger partial charge in [-0.1, -0.05) is 17.4 Å². The number of fused-ring (bicyclic) bond motifs is 2. The standard InChI is InChI=1S/C22H22N2O7S/c1-27-14-5-4-13(16(9-14)28-2)8-20(25)23-22-24(12-21(26)29-3)15-10-17-18(11-19(15)32-22)31-7-6-30-17/h4-5,9-11H,6-8,12H2,1-3H3. The summed E-state index contributed by atoms with van der Waals surface area (Å²) in [6.07, 6.45) is 0.0301.